The molecule has 3 aromatic carbocycles. The van der Waals surface area contributed by atoms with Crippen molar-refractivity contribution in [1.29, 1.82) is 0 Å². The van der Waals surface area contributed by atoms with Gasteiger partial charge in [-0.1, -0.05) is 66.7 Å². The van der Waals surface area contributed by atoms with E-state index in [1.807, 2.05) is 5.32 Å². The molecule has 0 unspecified atom stereocenters. The minimum absolute atomic E-state index is 0.0381. The molecule has 9 heteroatoms. The molecule has 0 saturated carbocycles. The Morgan fingerprint density at radius 1 is 0.921 bits per heavy atom. The minimum Gasteiger partial charge on any atom is -0.497 e. The van der Waals surface area contributed by atoms with Crippen LogP contribution in [0.25, 0.3) is 0 Å². The Hall–Kier alpha value is -4.40. The van der Waals surface area contributed by atoms with Crippen LogP contribution in [0, 0.1) is 0 Å². The number of methoxy groups -OCH3 is 1. The second-order valence-corrected chi connectivity index (χ2v) is 8.78. The Bertz CT molecular complexity index is 1390. The van der Waals surface area contributed by atoms with Crippen molar-refractivity contribution in [3.63, 3.8) is 0 Å². The third-order valence-electron chi connectivity index (χ3n) is 6.50. The van der Waals surface area contributed by atoms with E-state index in [0.717, 1.165) is 10.5 Å². The van der Waals surface area contributed by atoms with Gasteiger partial charge in [-0.25, -0.2) is 0 Å². The van der Waals surface area contributed by atoms with E-state index in [2.05, 4.69) is 0 Å². The van der Waals surface area contributed by atoms with Gasteiger partial charge in [0.05, 0.1) is 12.7 Å². The SMILES string of the molecule is COc1cccc(C(=O)N[C@]2(C(F)(F)F)C(=O)N(CCc3ccccc3)C(C)=C2C(=O)c2ccccc2)c1. The van der Waals surface area contributed by atoms with Crippen molar-refractivity contribution < 1.29 is 32.3 Å². The van der Waals surface area contributed by atoms with Crippen LogP contribution in [0.5, 0.6) is 5.75 Å². The van der Waals surface area contributed by atoms with Crippen molar-refractivity contribution in [2.45, 2.75) is 25.1 Å². The van der Waals surface area contributed by atoms with Crippen LogP contribution in [0.3, 0.4) is 0 Å². The van der Waals surface area contributed by atoms with E-state index in [-0.39, 0.29) is 35.5 Å². The van der Waals surface area contributed by atoms with Crippen LogP contribution in [0.1, 0.15) is 33.2 Å². The number of ketones is 1. The minimum atomic E-state index is -5.33. The summed E-state index contributed by atoms with van der Waals surface area (Å²) in [6, 6.07) is 21.8. The van der Waals surface area contributed by atoms with Gasteiger partial charge in [0, 0.05) is 23.4 Å². The number of hydrogen-bond acceptors (Lipinski definition) is 4. The zero-order valence-corrected chi connectivity index (χ0v) is 20.7. The summed E-state index contributed by atoms with van der Waals surface area (Å²) in [5.41, 5.74) is -3.97. The van der Waals surface area contributed by atoms with E-state index in [9.17, 15) is 14.4 Å². The summed E-state index contributed by atoms with van der Waals surface area (Å²) in [5.74, 6) is -3.37. The number of nitrogens with zero attached hydrogens (tertiary/aromatic N) is 1. The molecule has 1 aliphatic heterocycles. The molecule has 0 aromatic heterocycles. The van der Waals surface area contributed by atoms with Gasteiger partial charge in [-0.3, -0.25) is 14.4 Å². The Morgan fingerprint density at radius 2 is 1.53 bits per heavy atom. The smallest absolute Gasteiger partial charge is 0.425 e. The number of carbonyl (C=O) groups excluding carboxylic acids is 3. The highest BCUT2D eigenvalue weighted by Gasteiger charge is 2.70. The van der Waals surface area contributed by atoms with Gasteiger partial charge in [0.2, 0.25) is 5.54 Å². The zero-order valence-electron chi connectivity index (χ0n) is 20.7. The molecule has 196 valence electrons. The van der Waals surface area contributed by atoms with Gasteiger partial charge in [0.1, 0.15) is 5.75 Å². The van der Waals surface area contributed by atoms with Gasteiger partial charge in [-0.15, -0.1) is 0 Å². The van der Waals surface area contributed by atoms with Crippen LogP contribution in [-0.4, -0.2) is 47.9 Å². The lowest BCUT2D eigenvalue weighted by Gasteiger charge is -2.33. The monoisotopic (exact) mass is 522 g/mol. The number of amides is 2. The Labute approximate surface area is 217 Å². The van der Waals surface area contributed by atoms with Crippen LogP contribution >= 0.6 is 0 Å². The lowest BCUT2D eigenvalue weighted by molar-refractivity contribution is -0.189. The fraction of sp³-hybridized carbons (Fsp3) is 0.207. The highest BCUT2D eigenvalue weighted by Crippen LogP contribution is 2.46. The normalized spacial score (nSPS) is 17.5. The quantitative estimate of drug-likeness (QED) is 0.424. The maximum absolute atomic E-state index is 15.1. The topological polar surface area (TPSA) is 75.7 Å². The lowest BCUT2D eigenvalue weighted by atomic mass is 9.84. The number of ether oxygens (including phenoxy) is 1. The Morgan fingerprint density at radius 3 is 2.13 bits per heavy atom. The molecule has 0 bridgehead atoms. The average Bonchev–Trinajstić information content (AvgIpc) is 3.14. The molecule has 1 atom stereocenters. The van der Waals surface area contributed by atoms with E-state index < -0.39 is 34.9 Å². The van der Waals surface area contributed by atoms with Crippen LogP contribution < -0.4 is 10.1 Å². The van der Waals surface area contributed by atoms with E-state index in [4.69, 9.17) is 4.74 Å². The van der Waals surface area contributed by atoms with Crippen LogP contribution in [0.15, 0.2) is 96.2 Å². The summed E-state index contributed by atoms with van der Waals surface area (Å²) >= 11 is 0. The maximum Gasteiger partial charge on any atom is 0.425 e. The number of rotatable bonds is 8. The molecule has 0 spiro atoms. The summed E-state index contributed by atoms with van der Waals surface area (Å²) in [7, 11) is 1.35. The second kappa shape index (κ2) is 10.5. The van der Waals surface area contributed by atoms with Gasteiger partial charge in [-0.2, -0.15) is 13.2 Å². The highest BCUT2D eigenvalue weighted by molar-refractivity contribution is 6.19. The first-order valence-electron chi connectivity index (χ1n) is 11.8. The fourth-order valence-electron chi connectivity index (χ4n) is 4.55. The molecule has 0 aliphatic carbocycles. The molecule has 1 N–H and O–H groups in total. The summed E-state index contributed by atoms with van der Waals surface area (Å²) < 4.78 is 50.2. The van der Waals surface area contributed by atoms with Crippen LogP contribution in [-0.2, 0) is 11.2 Å². The van der Waals surface area contributed by atoms with E-state index in [0.29, 0.717) is 0 Å². The van der Waals surface area contributed by atoms with E-state index >= 15 is 13.2 Å². The van der Waals surface area contributed by atoms with E-state index in [1.54, 1.807) is 36.4 Å². The predicted octanol–water partition coefficient (Wildman–Crippen LogP) is 4.97. The van der Waals surface area contributed by atoms with Crippen molar-refractivity contribution >= 4 is 17.6 Å². The van der Waals surface area contributed by atoms with Crippen molar-refractivity contribution in [3.8, 4) is 5.75 Å². The molecule has 1 aliphatic rings. The third kappa shape index (κ3) is 4.79. The maximum atomic E-state index is 15.1. The number of halogens is 3. The van der Waals surface area contributed by atoms with Gasteiger partial charge < -0.3 is 15.0 Å². The molecule has 4 rings (SSSR count). The van der Waals surface area contributed by atoms with Gasteiger partial charge in [-0.05, 0) is 37.1 Å². The summed E-state index contributed by atoms with van der Waals surface area (Å²) in [4.78, 5) is 41.4. The van der Waals surface area contributed by atoms with Gasteiger partial charge in [0.25, 0.3) is 11.8 Å². The average molecular weight is 523 g/mol. The molecule has 6 nitrogen and oxygen atoms in total. The number of alkyl halides is 3. The first-order chi connectivity index (χ1) is 18.1. The standard InChI is InChI=1S/C29H25F3N2O4/c1-19-24(25(35)21-12-7-4-8-13-21)28(29(30,31)32,33-26(36)22-14-9-15-23(18-22)38-2)27(37)34(19)17-16-20-10-5-3-6-11-20/h3-15,18H,16-17H2,1-2H3,(H,33,36)/t28-/m0/s1. The molecular formula is C29H25F3N2O4. The number of Topliss-reactive ketones (excluding diaryl/α,β-unsaturated/α-hetero) is 1. The Balaban J connectivity index is 1.83. The summed E-state index contributed by atoms with van der Waals surface area (Å²) in [6.07, 6.45) is -5.09. The molecule has 0 saturated heterocycles. The molecule has 38 heavy (non-hydrogen) atoms. The molecule has 1 heterocycles. The first kappa shape index (κ1) is 26.7. The highest BCUT2D eigenvalue weighted by atomic mass is 19.4. The number of nitrogens with one attached hydrogen (secondary N) is 1. The largest absolute Gasteiger partial charge is 0.497 e. The number of benzene rings is 3. The van der Waals surface area contributed by atoms with Crippen LogP contribution in [0.4, 0.5) is 13.2 Å². The number of carbonyl (C=O) groups is 3. The molecular weight excluding hydrogens is 497 g/mol. The molecule has 0 fully saturated rings. The van der Waals surface area contributed by atoms with Crippen molar-refractivity contribution in [3.05, 3.63) is 113 Å². The Kier molecular flexibility index (Phi) is 7.39. The van der Waals surface area contributed by atoms with Crippen LogP contribution in [0.2, 0.25) is 0 Å². The first-order valence-corrected chi connectivity index (χ1v) is 11.8. The summed E-state index contributed by atoms with van der Waals surface area (Å²) in [5, 5.41) is 1.92. The predicted molar refractivity (Wildman–Crippen MR) is 135 cm³/mol. The number of hydrogen-bond donors (Lipinski definition) is 1. The zero-order chi connectivity index (χ0) is 27.5. The lowest BCUT2D eigenvalue weighted by Crippen LogP contribution is -2.66. The molecule has 2 amide bonds. The third-order valence-corrected chi connectivity index (χ3v) is 6.50. The van der Waals surface area contributed by atoms with Crippen molar-refractivity contribution in [2.75, 3.05) is 13.7 Å². The number of allylic oxidation sites excluding steroid dienone is 1. The second-order valence-electron chi connectivity index (χ2n) is 8.78. The summed E-state index contributed by atoms with van der Waals surface area (Å²) in [6.45, 7) is 1.18. The van der Waals surface area contributed by atoms with Crippen molar-refractivity contribution in [2.24, 2.45) is 0 Å². The van der Waals surface area contributed by atoms with Gasteiger partial charge in [0.15, 0.2) is 5.78 Å². The molecule has 3 aromatic rings. The molecule has 0 radical (unpaired) electrons. The fourth-order valence-corrected chi connectivity index (χ4v) is 4.55. The van der Waals surface area contributed by atoms with Crippen molar-refractivity contribution in [1.82, 2.24) is 10.2 Å². The van der Waals surface area contributed by atoms with Gasteiger partial charge >= 0.3 is 6.18 Å². The van der Waals surface area contributed by atoms with E-state index in [1.165, 1.54) is 62.6 Å².